The summed E-state index contributed by atoms with van der Waals surface area (Å²) in [7, 11) is 0. The second-order valence-electron chi connectivity index (χ2n) is 4.85. The molecule has 1 unspecified atom stereocenters. The number of aryl methyl sites for hydroxylation is 1. The largest absolute Gasteiger partial charge is 0.356 e. The molecule has 0 aliphatic carbocycles. The van der Waals surface area contributed by atoms with Crippen molar-refractivity contribution in [3.8, 4) is 0 Å². The van der Waals surface area contributed by atoms with Gasteiger partial charge in [-0.1, -0.05) is 30.1 Å². The standard InChI is InChI=1S/C13H17Cl2N5O/c1-10(7-20-9-12(15)6-18-20)13(21)16-3-2-4-19-8-11(14)5-17-19/h5-6,8-10H,2-4,7H2,1H3,(H,16,21). The van der Waals surface area contributed by atoms with Crippen LogP contribution in [0.25, 0.3) is 0 Å². The van der Waals surface area contributed by atoms with E-state index in [1.165, 1.54) is 0 Å². The summed E-state index contributed by atoms with van der Waals surface area (Å²) in [6.07, 6.45) is 7.41. The van der Waals surface area contributed by atoms with Crippen molar-refractivity contribution in [2.24, 2.45) is 5.92 Å². The molecule has 0 fully saturated rings. The van der Waals surface area contributed by atoms with Crippen LogP contribution in [0.3, 0.4) is 0 Å². The SMILES string of the molecule is CC(Cn1cc(Cl)cn1)C(=O)NCCCn1cc(Cl)cn1. The number of halogens is 2. The first-order chi connectivity index (χ1) is 10.0. The highest BCUT2D eigenvalue weighted by molar-refractivity contribution is 6.30. The second-order valence-corrected chi connectivity index (χ2v) is 5.72. The van der Waals surface area contributed by atoms with E-state index in [0.29, 0.717) is 23.1 Å². The summed E-state index contributed by atoms with van der Waals surface area (Å²) in [5.74, 6) is -0.166. The monoisotopic (exact) mass is 329 g/mol. The molecule has 0 aromatic carbocycles. The molecule has 2 aromatic heterocycles. The molecule has 0 aliphatic heterocycles. The van der Waals surface area contributed by atoms with E-state index in [9.17, 15) is 4.79 Å². The van der Waals surface area contributed by atoms with Gasteiger partial charge in [0.25, 0.3) is 0 Å². The maximum atomic E-state index is 11.9. The third-order valence-corrected chi connectivity index (χ3v) is 3.37. The Morgan fingerprint density at radius 3 is 2.43 bits per heavy atom. The van der Waals surface area contributed by atoms with Gasteiger partial charge in [-0.25, -0.2) is 0 Å². The molecule has 1 amide bonds. The van der Waals surface area contributed by atoms with Gasteiger partial charge in [-0.15, -0.1) is 0 Å². The van der Waals surface area contributed by atoms with Gasteiger partial charge < -0.3 is 5.32 Å². The van der Waals surface area contributed by atoms with Crippen LogP contribution in [0.15, 0.2) is 24.8 Å². The molecule has 6 nitrogen and oxygen atoms in total. The molecule has 0 saturated carbocycles. The molecular weight excluding hydrogens is 313 g/mol. The molecule has 0 aliphatic rings. The Labute approximate surface area is 133 Å². The minimum absolute atomic E-state index is 0.000111. The lowest BCUT2D eigenvalue weighted by atomic mass is 10.1. The number of carbonyl (C=O) groups excluding carboxylic acids is 1. The van der Waals surface area contributed by atoms with E-state index in [-0.39, 0.29) is 11.8 Å². The fraction of sp³-hybridized carbons (Fsp3) is 0.462. The van der Waals surface area contributed by atoms with E-state index in [1.807, 2.05) is 6.92 Å². The Morgan fingerprint density at radius 2 is 1.86 bits per heavy atom. The minimum atomic E-state index is -0.167. The van der Waals surface area contributed by atoms with Crippen LogP contribution in [0, 0.1) is 5.92 Å². The first-order valence-electron chi connectivity index (χ1n) is 6.68. The van der Waals surface area contributed by atoms with E-state index < -0.39 is 0 Å². The van der Waals surface area contributed by atoms with Gasteiger partial charge in [0.05, 0.1) is 34.9 Å². The first kappa shape index (κ1) is 15.9. The molecule has 8 heteroatoms. The fourth-order valence-electron chi connectivity index (χ4n) is 1.89. The van der Waals surface area contributed by atoms with Gasteiger partial charge in [0.15, 0.2) is 0 Å². The van der Waals surface area contributed by atoms with E-state index in [4.69, 9.17) is 23.2 Å². The molecule has 114 valence electrons. The second kappa shape index (κ2) is 7.47. The van der Waals surface area contributed by atoms with Crippen molar-refractivity contribution >= 4 is 29.1 Å². The summed E-state index contributed by atoms with van der Waals surface area (Å²) in [5, 5.41) is 12.2. The molecule has 0 radical (unpaired) electrons. The number of carbonyl (C=O) groups is 1. The predicted octanol–water partition coefficient (Wildman–Crippen LogP) is 2.23. The number of rotatable bonds is 7. The predicted molar refractivity (Wildman–Crippen MR) is 81.3 cm³/mol. The quantitative estimate of drug-likeness (QED) is 0.792. The number of amides is 1. The number of hydrogen-bond donors (Lipinski definition) is 1. The van der Waals surface area contributed by atoms with Crippen molar-refractivity contribution < 1.29 is 4.79 Å². The van der Waals surface area contributed by atoms with E-state index in [2.05, 4.69) is 15.5 Å². The zero-order valence-electron chi connectivity index (χ0n) is 11.7. The third kappa shape index (κ3) is 5.06. The molecule has 1 atom stereocenters. The molecule has 0 saturated heterocycles. The highest BCUT2D eigenvalue weighted by Crippen LogP contribution is 2.07. The van der Waals surface area contributed by atoms with Crippen LogP contribution in [-0.2, 0) is 17.9 Å². The van der Waals surface area contributed by atoms with Crippen LogP contribution in [0.1, 0.15) is 13.3 Å². The van der Waals surface area contributed by atoms with Crippen LogP contribution in [-0.4, -0.2) is 32.0 Å². The third-order valence-electron chi connectivity index (χ3n) is 2.98. The lowest BCUT2D eigenvalue weighted by molar-refractivity contribution is -0.124. The van der Waals surface area contributed by atoms with Crippen LogP contribution < -0.4 is 5.32 Å². The molecule has 0 spiro atoms. The first-order valence-corrected chi connectivity index (χ1v) is 7.44. The Hall–Kier alpha value is -1.53. The van der Waals surface area contributed by atoms with Gasteiger partial charge in [-0.2, -0.15) is 10.2 Å². The van der Waals surface area contributed by atoms with E-state index >= 15 is 0 Å². The highest BCUT2D eigenvalue weighted by atomic mass is 35.5. The maximum Gasteiger partial charge on any atom is 0.224 e. The van der Waals surface area contributed by atoms with Crippen molar-refractivity contribution in [1.82, 2.24) is 24.9 Å². The molecule has 2 heterocycles. The smallest absolute Gasteiger partial charge is 0.224 e. The zero-order valence-corrected chi connectivity index (χ0v) is 13.2. The van der Waals surface area contributed by atoms with E-state index in [0.717, 1.165) is 13.0 Å². The van der Waals surface area contributed by atoms with Gasteiger partial charge in [0.1, 0.15) is 0 Å². The average molecular weight is 330 g/mol. The lowest BCUT2D eigenvalue weighted by Crippen LogP contribution is -2.32. The Kier molecular flexibility index (Phi) is 5.64. The molecule has 0 bridgehead atoms. The van der Waals surface area contributed by atoms with Crippen molar-refractivity contribution in [2.75, 3.05) is 6.54 Å². The van der Waals surface area contributed by atoms with Crippen molar-refractivity contribution in [2.45, 2.75) is 26.4 Å². The number of nitrogens with zero attached hydrogens (tertiary/aromatic N) is 4. The van der Waals surface area contributed by atoms with Crippen molar-refractivity contribution in [1.29, 1.82) is 0 Å². The Balaban J connectivity index is 1.66. The van der Waals surface area contributed by atoms with E-state index in [1.54, 1.807) is 34.2 Å². The Bertz CT molecular complexity index is 595. The summed E-state index contributed by atoms with van der Waals surface area (Å²) in [6.45, 7) is 3.68. The molecular formula is C13H17Cl2N5O. The summed E-state index contributed by atoms with van der Waals surface area (Å²) in [4.78, 5) is 11.9. The van der Waals surface area contributed by atoms with Gasteiger partial charge in [-0.3, -0.25) is 14.2 Å². The molecule has 2 aromatic rings. The summed E-state index contributed by atoms with van der Waals surface area (Å²) in [6, 6.07) is 0. The summed E-state index contributed by atoms with van der Waals surface area (Å²) < 4.78 is 3.42. The van der Waals surface area contributed by atoms with Gasteiger partial charge in [0.2, 0.25) is 5.91 Å². The van der Waals surface area contributed by atoms with Crippen LogP contribution in [0.5, 0.6) is 0 Å². The Morgan fingerprint density at radius 1 is 1.24 bits per heavy atom. The van der Waals surface area contributed by atoms with Gasteiger partial charge in [0, 0.05) is 25.5 Å². The van der Waals surface area contributed by atoms with Gasteiger partial charge >= 0.3 is 0 Å². The maximum absolute atomic E-state index is 11.9. The van der Waals surface area contributed by atoms with Gasteiger partial charge in [-0.05, 0) is 6.42 Å². The van der Waals surface area contributed by atoms with Crippen LogP contribution in [0.2, 0.25) is 10.0 Å². The normalized spacial score (nSPS) is 12.3. The summed E-state index contributed by atoms with van der Waals surface area (Å²) in [5.41, 5.74) is 0. The van der Waals surface area contributed by atoms with Crippen molar-refractivity contribution in [3.05, 3.63) is 34.8 Å². The zero-order chi connectivity index (χ0) is 15.2. The van der Waals surface area contributed by atoms with Crippen LogP contribution in [0.4, 0.5) is 0 Å². The fourth-order valence-corrected chi connectivity index (χ4v) is 2.20. The van der Waals surface area contributed by atoms with Crippen molar-refractivity contribution in [3.63, 3.8) is 0 Å². The minimum Gasteiger partial charge on any atom is -0.356 e. The average Bonchev–Trinajstić information content (AvgIpc) is 3.03. The molecule has 21 heavy (non-hydrogen) atoms. The van der Waals surface area contributed by atoms with Crippen LogP contribution >= 0.6 is 23.2 Å². The lowest BCUT2D eigenvalue weighted by Gasteiger charge is -2.12. The number of hydrogen-bond acceptors (Lipinski definition) is 3. The highest BCUT2D eigenvalue weighted by Gasteiger charge is 2.13. The summed E-state index contributed by atoms with van der Waals surface area (Å²) >= 11 is 11.6. The molecule has 1 N–H and O–H groups in total. The number of nitrogens with one attached hydrogen (secondary N) is 1. The number of aromatic nitrogens is 4. The topological polar surface area (TPSA) is 64.7 Å². The molecule has 2 rings (SSSR count).